The zero-order valence-corrected chi connectivity index (χ0v) is 11.2. The van der Waals surface area contributed by atoms with Gasteiger partial charge >= 0.3 is 0 Å². The van der Waals surface area contributed by atoms with Crippen LogP contribution >= 0.6 is 11.6 Å². The van der Waals surface area contributed by atoms with Crippen molar-refractivity contribution in [2.24, 2.45) is 0 Å². The summed E-state index contributed by atoms with van der Waals surface area (Å²) in [5.41, 5.74) is 0.893. The molecule has 0 unspecified atom stereocenters. The van der Waals surface area contributed by atoms with E-state index < -0.39 is 0 Å². The summed E-state index contributed by atoms with van der Waals surface area (Å²) in [6.07, 6.45) is 1.80. The van der Waals surface area contributed by atoms with Gasteiger partial charge in [0.25, 0.3) is 5.95 Å². The van der Waals surface area contributed by atoms with Crippen LogP contribution in [0.3, 0.4) is 0 Å². The summed E-state index contributed by atoms with van der Waals surface area (Å²) in [6.45, 7) is 4.73. The van der Waals surface area contributed by atoms with Gasteiger partial charge in [-0.1, -0.05) is 0 Å². The van der Waals surface area contributed by atoms with E-state index >= 15 is 0 Å². The smallest absolute Gasteiger partial charge is 0.256 e. The summed E-state index contributed by atoms with van der Waals surface area (Å²) in [4.78, 5) is 14.7. The lowest BCUT2D eigenvalue weighted by molar-refractivity contribution is 0.122. The number of aryl methyl sites for hydroxylation is 1. The molecular weight excluding hydrogens is 268 g/mol. The molecule has 2 aromatic heterocycles. The number of hydrogen-bond acceptors (Lipinski definition) is 6. The maximum Gasteiger partial charge on any atom is 0.256 e. The van der Waals surface area contributed by atoms with E-state index in [2.05, 4.69) is 20.1 Å². The zero-order valence-electron chi connectivity index (χ0n) is 10.5. The van der Waals surface area contributed by atoms with Gasteiger partial charge in [0.05, 0.1) is 18.9 Å². The highest BCUT2D eigenvalue weighted by atomic mass is 35.5. The molecule has 0 N–H and O–H groups in total. The van der Waals surface area contributed by atoms with Crippen molar-refractivity contribution in [3.63, 3.8) is 0 Å². The molecule has 0 spiro atoms. The Balaban J connectivity index is 1.95. The lowest BCUT2D eigenvalue weighted by Gasteiger charge is -2.26. The van der Waals surface area contributed by atoms with Gasteiger partial charge in [-0.2, -0.15) is 20.1 Å². The molecule has 8 heteroatoms. The number of rotatable bonds is 2. The third kappa shape index (κ3) is 2.66. The van der Waals surface area contributed by atoms with Crippen LogP contribution in [0, 0.1) is 6.92 Å². The Morgan fingerprint density at radius 1 is 1.16 bits per heavy atom. The van der Waals surface area contributed by atoms with E-state index in [1.165, 1.54) is 0 Å². The first-order valence-electron chi connectivity index (χ1n) is 5.99. The van der Waals surface area contributed by atoms with Crippen molar-refractivity contribution in [1.82, 2.24) is 24.7 Å². The normalized spacial score (nSPS) is 15.8. The minimum atomic E-state index is 0.166. The molecule has 0 saturated carbocycles. The van der Waals surface area contributed by atoms with Crippen molar-refractivity contribution in [2.75, 3.05) is 31.2 Å². The van der Waals surface area contributed by atoms with Crippen LogP contribution in [0.5, 0.6) is 0 Å². The number of morpholine rings is 1. The fourth-order valence-corrected chi connectivity index (χ4v) is 2.01. The summed E-state index contributed by atoms with van der Waals surface area (Å²) in [6, 6.07) is 1.88. The van der Waals surface area contributed by atoms with Crippen LogP contribution in [0.15, 0.2) is 12.3 Å². The van der Waals surface area contributed by atoms with Gasteiger partial charge in [0.15, 0.2) is 0 Å². The van der Waals surface area contributed by atoms with Crippen LogP contribution in [0.25, 0.3) is 5.95 Å². The van der Waals surface area contributed by atoms with Gasteiger partial charge in [-0.25, -0.2) is 4.68 Å². The number of nitrogens with zero attached hydrogens (tertiary/aromatic N) is 6. The van der Waals surface area contributed by atoms with Gasteiger partial charge < -0.3 is 9.64 Å². The molecule has 0 aromatic carbocycles. The molecule has 3 heterocycles. The van der Waals surface area contributed by atoms with Crippen molar-refractivity contribution in [3.05, 3.63) is 23.2 Å². The molecule has 1 fully saturated rings. The van der Waals surface area contributed by atoms with Crippen molar-refractivity contribution in [3.8, 4) is 5.95 Å². The fraction of sp³-hybridized carbons (Fsp3) is 0.455. The third-order valence-electron chi connectivity index (χ3n) is 2.81. The topological polar surface area (TPSA) is 69.0 Å². The van der Waals surface area contributed by atoms with E-state index in [0.29, 0.717) is 25.1 Å². The number of aromatic nitrogens is 5. The second-order valence-corrected chi connectivity index (χ2v) is 4.54. The van der Waals surface area contributed by atoms with Gasteiger partial charge in [0, 0.05) is 19.3 Å². The van der Waals surface area contributed by atoms with E-state index in [1.54, 1.807) is 10.9 Å². The number of ether oxygens (including phenoxy) is 1. The molecule has 1 aliphatic heterocycles. The zero-order chi connectivity index (χ0) is 13.2. The monoisotopic (exact) mass is 280 g/mol. The lowest BCUT2D eigenvalue weighted by Crippen LogP contribution is -2.37. The summed E-state index contributed by atoms with van der Waals surface area (Å²) >= 11 is 5.96. The SMILES string of the molecule is Cc1ccn(-c2nc(Cl)nc(N3CCOCC3)n2)n1. The number of hydrogen-bond donors (Lipinski definition) is 0. The highest BCUT2D eigenvalue weighted by Gasteiger charge is 2.16. The fourth-order valence-electron chi connectivity index (χ4n) is 1.86. The Kier molecular flexibility index (Phi) is 3.31. The molecule has 0 amide bonds. The first-order chi connectivity index (χ1) is 9.22. The molecule has 0 bridgehead atoms. The van der Waals surface area contributed by atoms with Gasteiger partial charge in [0.1, 0.15) is 0 Å². The molecule has 100 valence electrons. The maximum atomic E-state index is 5.96. The van der Waals surface area contributed by atoms with E-state index in [0.717, 1.165) is 18.8 Å². The lowest BCUT2D eigenvalue weighted by atomic mass is 10.4. The van der Waals surface area contributed by atoms with Crippen molar-refractivity contribution in [1.29, 1.82) is 0 Å². The second kappa shape index (κ2) is 5.10. The molecule has 1 aliphatic rings. The summed E-state index contributed by atoms with van der Waals surface area (Å²) in [7, 11) is 0. The van der Waals surface area contributed by atoms with E-state index in [9.17, 15) is 0 Å². The largest absolute Gasteiger partial charge is 0.378 e. The average Bonchev–Trinajstić information content (AvgIpc) is 2.86. The Labute approximate surface area is 115 Å². The minimum absolute atomic E-state index is 0.166. The van der Waals surface area contributed by atoms with Gasteiger partial charge in [-0.05, 0) is 24.6 Å². The first-order valence-corrected chi connectivity index (χ1v) is 6.37. The summed E-state index contributed by atoms with van der Waals surface area (Å²) in [5, 5.41) is 4.44. The summed E-state index contributed by atoms with van der Waals surface area (Å²) < 4.78 is 6.90. The van der Waals surface area contributed by atoms with Crippen LogP contribution in [0.4, 0.5) is 5.95 Å². The predicted molar refractivity (Wildman–Crippen MR) is 69.7 cm³/mol. The molecule has 19 heavy (non-hydrogen) atoms. The van der Waals surface area contributed by atoms with Crippen LogP contribution in [-0.4, -0.2) is 51.0 Å². The first kappa shape index (κ1) is 12.3. The molecule has 7 nitrogen and oxygen atoms in total. The highest BCUT2D eigenvalue weighted by molar-refractivity contribution is 6.28. The Morgan fingerprint density at radius 3 is 2.58 bits per heavy atom. The van der Waals surface area contributed by atoms with Crippen LogP contribution in [0.2, 0.25) is 5.28 Å². The van der Waals surface area contributed by atoms with Crippen LogP contribution < -0.4 is 4.90 Å². The highest BCUT2D eigenvalue weighted by Crippen LogP contribution is 2.14. The molecule has 0 radical (unpaired) electrons. The minimum Gasteiger partial charge on any atom is -0.378 e. The Bertz CT molecular complexity index is 580. The van der Waals surface area contributed by atoms with Gasteiger partial charge in [-0.3, -0.25) is 0 Å². The molecule has 1 saturated heterocycles. The Hall–Kier alpha value is -1.73. The van der Waals surface area contributed by atoms with E-state index in [1.807, 2.05) is 17.9 Å². The van der Waals surface area contributed by atoms with Crippen LogP contribution in [-0.2, 0) is 4.74 Å². The maximum absolute atomic E-state index is 5.96. The molecule has 3 rings (SSSR count). The van der Waals surface area contributed by atoms with Gasteiger partial charge in [0.2, 0.25) is 11.2 Å². The van der Waals surface area contributed by atoms with Crippen molar-refractivity contribution < 1.29 is 4.74 Å². The van der Waals surface area contributed by atoms with Crippen molar-refractivity contribution in [2.45, 2.75) is 6.92 Å². The average molecular weight is 281 g/mol. The summed E-state index contributed by atoms with van der Waals surface area (Å²) in [5.74, 6) is 0.987. The quantitative estimate of drug-likeness (QED) is 0.812. The second-order valence-electron chi connectivity index (χ2n) is 4.21. The van der Waals surface area contributed by atoms with E-state index in [-0.39, 0.29) is 5.28 Å². The Morgan fingerprint density at radius 2 is 1.89 bits per heavy atom. The van der Waals surface area contributed by atoms with E-state index in [4.69, 9.17) is 16.3 Å². The molecule has 0 atom stereocenters. The van der Waals surface area contributed by atoms with Gasteiger partial charge in [-0.15, -0.1) is 0 Å². The molecular formula is C11H13ClN6O. The molecule has 2 aromatic rings. The number of anilines is 1. The van der Waals surface area contributed by atoms with Crippen molar-refractivity contribution >= 4 is 17.5 Å². The standard InChI is InChI=1S/C11H13ClN6O/c1-8-2-3-18(16-8)11-14-9(12)13-10(15-11)17-4-6-19-7-5-17/h2-3H,4-7H2,1H3. The predicted octanol–water partition coefficient (Wildman–Crippen LogP) is 0.856. The van der Waals surface area contributed by atoms with Crippen LogP contribution in [0.1, 0.15) is 5.69 Å². The third-order valence-corrected chi connectivity index (χ3v) is 2.97. The molecule has 0 aliphatic carbocycles. The number of halogens is 1.